The molecule has 0 aliphatic carbocycles. The van der Waals surface area contributed by atoms with Crippen molar-refractivity contribution in [2.75, 3.05) is 0 Å². The fourth-order valence-electron chi connectivity index (χ4n) is 2.22. The van der Waals surface area contributed by atoms with Crippen molar-refractivity contribution in [2.45, 2.75) is 37.1 Å². The number of nitrogens with one attached hydrogen (secondary N) is 1. The van der Waals surface area contributed by atoms with Crippen LogP contribution in [0, 0.1) is 6.92 Å². The molecule has 1 fully saturated rings. The molecule has 0 bridgehead atoms. The molecule has 5 nitrogen and oxygen atoms in total. The topological polar surface area (TPSA) is 83.5 Å². The smallest absolute Gasteiger partial charge is 0.294 e. The average molecular weight is 269 g/mol. The Morgan fingerprint density at radius 2 is 2.17 bits per heavy atom. The number of aryl methyl sites for hydroxylation is 1. The minimum Gasteiger partial charge on any atom is -0.353 e. The van der Waals surface area contributed by atoms with Crippen molar-refractivity contribution in [1.82, 2.24) is 5.32 Å². The van der Waals surface area contributed by atoms with Gasteiger partial charge in [-0.3, -0.25) is 9.35 Å². The van der Waals surface area contributed by atoms with Crippen molar-refractivity contribution >= 4 is 16.0 Å². The molecule has 2 rings (SSSR count). The molecule has 1 aliphatic rings. The summed E-state index contributed by atoms with van der Waals surface area (Å²) in [6, 6.07) is 4.71. The quantitative estimate of drug-likeness (QED) is 0.804. The Morgan fingerprint density at radius 3 is 2.72 bits per heavy atom. The molecule has 1 amide bonds. The monoisotopic (exact) mass is 269 g/mol. The van der Waals surface area contributed by atoms with Crippen LogP contribution in [0.25, 0.3) is 0 Å². The number of carbonyl (C=O) groups is 1. The van der Waals surface area contributed by atoms with Crippen LogP contribution in [0.15, 0.2) is 23.1 Å². The Balaban J connectivity index is 2.31. The molecule has 0 spiro atoms. The van der Waals surface area contributed by atoms with Gasteiger partial charge in [-0.15, -0.1) is 0 Å². The summed E-state index contributed by atoms with van der Waals surface area (Å²) in [6.07, 6.45) is 1.58. The molecule has 0 aromatic heterocycles. The molecule has 1 aliphatic heterocycles. The first-order valence-corrected chi connectivity index (χ1v) is 7.16. The highest BCUT2D eigenvalue weighted by molar-refractivity contribution is 7.85. The molecule has 1 aromatic carbocycles. The second-order valence-corrected chi connectivity index (χ2v) is 5.98. The van der Waals surface area contributed by atoms with E-state index >= 15 is 0 Å². The van der Waals surface area contributed by atoms with Gasteiger partial charge in [-0.25, -0.2) is 0 Å². The Labute approximate surface area is 106 Å². The van der Waals surface area contributed by atoms with Crippen molar-refractivity contribution in [3.8, 4) is 0 Å². The Hall–Kier alpha value is -1.40. The van der Waals surface area contributed by atoms with Gasteiger partial charge in [0.25, 0.3) is 10.1 Å². The van der Waals surface area contributed by atoms with Crippen LogP contribution < -0.4 is 5.32 Å². The molecule has 6 heteroatoms. The van der Waals surface area contributed by atoms with Gasteiger partial charge in [0.05, 0.1) is 4.90 Å². The van der Waals surface area contributed by atoms with Gasteiger partial charge in [-0.05, 0) is 31.4 Å². The van der Waals surface area contributed by atoms with E-state index in [9.17, 15) is 17.8 Å². The molecule has 0 saturated carbocycles. The highest BCUT2D eigenvalue weighted by Gasteiger charge is 2.24. The standard InChI is InChI=1S/C12H15NO4S/c1-8-2-4-11(18(15,16)17)9(6-8)7-10-3-5-12(14)13-10/h2,4,6,10H,3,5,7H2,1H3,(H,13,14)(H,15,16,17). The van der Waals surface area contributed by atoms with Crippen LogP contribution in [0.1, 0.15) is 24.0 Å². The van der Waals surface area contributed by atoms with E-state index in [2.05, 4.69) is 5.32 Å². The summed E-state index contributed by atoms with van der Waals surface area (Å²) in [5.41, 5.74) is 1.46. The third kappa shape index (κ3) is 2.88. The maximum absolute atomic E-state index is 11.3. The molecular weight excluding hydrogens is 254 g/mol. The zero-order chi connectivity index (χ0) is 13.3. The second kappa shape index (κ2) is 4.70. The molecule has 1 saturated heterocycles. The van der Waals surface area contributed by atoms with Gasteiger partial charge >= 0.3 is 0 Å². The summed E-state index contributed by atoms with van der Waals surface area (Å²) in [5.74, 6) is -0.0129. The number of carbonyl (C=O) groups excluding carboxylic acids is 1. The predicted octanol–water partition coefficient (Wildman–Crippen LogP) is 1.06. The lowest BCUT2D eigenvalue weighted by Crippen LogP contribution is -2.27. The van der Waals surface area contributed by atoms with Crippen LogP contribution in [0.4, 0.5) is 0 Å². The third-order valence-corrected chi connectivity index (χ3v) is 4.00. The van der Waals surface area contributed by atoms with Gasteiger partial charge in [-0.1, -0.05) is 17.7 Å². The molecule has 2 N–H and O–H groups in total. The number of rotatable bonds is 3. The number of amides is 1. The summed E-state index contributed by atoms with van der Waals surface area (Å²) in [4.78, 5) is 11.0. The first-order valence-electron chi connectivity index (χ1n) is 5.72. The number of hydrogen-bond acceptors (Lipinski definition) is 3. The number of benzene rings is 1. The molecule has 1 heterocycles. The maximum Gasteiger partial charge on any atom is 0.294 e. The first kappa shape index (κ1) is 13.0. The normalized spacial score (nSPS) is 19.9. The van der Waals surface area contributed by atoms with Crippen LogP contribution in [-0.4, -0.2) is 24.9 Å². The van der Waals surface area contributed by atoms with Gasteiger partial charge < -0.3 is 5.32 Å². The molecule has 0 radical (unpaired) electrons. The lowest BCUT2D eigenvalue weighted by atomic mass is 10.0. The fourth-order valence-corrected chi connectivity index (χ4v) is 2.93. The van der Waals surface area contributed by atoms with E-state index in [1.165, 1.54) is 6.07 Å². The van der Waals surface area contributed by atoms with Gasteiger partial charge in [0.15, 0.2) is 0 Å². The summed E-state index contributed by atoms with van der Waals surface area (Å²) in [6.45, 7) is 1.85. The van der Waals surface area contributed by atoms with Gasteiger partial charge in [0, 0.05) is 12.5 Å². The minimum atomic E-state index is -4.22. The van der Waals surface area contributed by atoms with Crippen LogP contribution in [0.5, 0.6) is 0 Å². The van der Waals surface area contributed by atoms with Gasteiger partial charge in [-0.2, -0.15) is 8.42 Å². The molecule has 1 aromatic rings. The van der Waals surface area contributed by atoms with Crippen molar-refractivity contribution in [3.05, 3.63) is 29.3 Å². The molecule has 18 heavy (non-hydrogen) atoms. The van der Waals surface area contributed by atoms with Crippen molar-refractivity contribution in [3.63, 3.8) is 0 Å². The summed E-state index contributed by atoms with van der Waals surface area (Å²) in [7, 11) is -4.22. The zero-order valence-electron chi connectivity index (χ0n) is 10.0. The molecule has 1 atom stereocenters. The lowest BCUT2D eigenvalue weighted by Gasteiger charge is -2.13. The zero-order valence-corrected chi connectivity index (χ0v) is 10.8. The van der Waals surface area contributed by atoms with Gasteiger partial charge in [0.2, 0.25) is 5.91 Å². The second-order valence-electron chi connectivity index (χ2n) is 4.59. The van der Waals surface area contributed by atoms with E-state index in [1.807, 2.05) is 6.92 Å². The SMILES string of the molecule is Cc1ccc(S(=O)(=O)O)c(CC2CCC(=O)N2)c1. The van der Waals surface area contributed by atoms with E-state index in [4.69, 9.17) is 0 Å². The van der Waals surface area contributed by atoms with Crippen LogP contribution >= 0.6 is 0 Å². The van der Waals surface area contributed by atoms with Gasteiger partial charge in [0.1, 0.15) is 0 Å². The highest BCUT2D eigenvalue weighted by Crippen LogP contribution is 2.21. The van der Waals surface area contributed by atoms with Crippen molar-refractivity contribution in [1.29, 1.82) is 0 Å². The van der Waals surface area contributed by atoms with Crippen LogP contribution in [0.3, 0.4) is 0 Å². The van der Waals surface area contributed by atoms with E-state index in [-0.39, 0.29) is 16.8 Å². The van der Waals surface area contributed by atoms with E-state index in [1.54, 1.807) is 12.1 Å². The maximum atomic E-state index is 11.3. The summed E-state index contributed by atoms with van der Waals surface area (Å²) < 4.78 is 31.7. The minimum absolute atomic E-state index is 0.0129. The van der Waals surface area contributed by atoms with E-state index < -0.39 is 10.1 Å². The average Bonchev–Trinajstić information content (AvgIpc) is 2.62. The first-order chi connectivity index (χ1) is 8.36. The van der Waals surface area contributed by atoms with Crippen LogP contribution in [0.2, 0.25) is 0 Å². The molecule has 1 unspecified atom stereocenters. The largest absolute Gasteiger partial charge is 0.353 e. The summed E-state index contributed by atoms with van der Waals surface area (Å²) in [5, 5.41) is 2.79. The highest BCUT2D eigenvalue weighted by atomic mass is 32.2. The Bertz CT molecular complexity index is 580. The van der Waals surface area contributed by atoms with Crippen molar-refractivity contribution in [2.24, 2.45) is 0 Å². The Kier molecular flexibility index (Phi) is 3.41. The molecule has 98 valence electrons. The van der Waals surface area contributed by atoms with Crippen molar-refractivity contribution < 1.29 is 17.8 Å². The summed E-state index contributed by atoms with van der Waals surface area (Å²) >= 11 is 0. The third-order valence-electron chi connectivity index (χ3n) is 3.05. The predicted molar refractivity (Wildman–Crippen MR) is 65.9 cm³/mol. The van der Waals surface area contributed by atoms with Crippen LogP contribution in [-0.2, 0) is 21.3 Å². The van der Waals surface area contributed by atoms with E-state index in [0.717, 1.165) is 5.56 Å². The Morgan fingerprint density at radius 1 is 1.44 bits per heavy atom. The lowest BCUT2D eigenvalue weighted by molar-refractivity contribution is -0.119. The fraction of sp³-hybridized carbons (Fsp3) is 0.417. The van der Waals surface area contributed by atoms with E-state index in [0.29, 0.717) is 24.8 Å². The molecular formula is C12H15NO4S. The number of hydrogen-bond donors (Lipinski definition) is 2.